The zero-order valence-corrected chi connectivity index (χ0v) is 20.0. The molecule has 33 heavy (non-hydrogen) atoms. The third-order valence-corrected chi connectivity index (χ3v) is 9.05. The van der Waals surface area contributed by atoms with E-state index >= 15 is 0 Å². The fourth-order valence-electron chi connectivity index (χ4n) is 4.37. The minimum atomic E-state index is -3.30. The number of sulfonamides is 1. The Balaban J connectivity index is 1.58. The lowest BCUT2D eigenvalue weighted by Gasteiger charge is -2.38. The fraction of sp³-hybridized carbons (Fsp3) is 0.385. The van der Waals surface area contributed by atoms with Gasteiger partial charge in [0, 0.05) is 37.3 Å². The summed E-state index contributed by atoms with van der Waals surface area (Å²) in [5, 5.41) is 1.58. The summed E-state index contributed by atoms with van der Waals surface area (Å²) in [5.41, 5.74) is 1.46. The van der Waals surface area contributed by atoms with Crippen LogP contribution < -0.4 is 0 Å². The molecule has 3 aromatic rings. The standard InChI is InChI=1S/C26H31N3O3S/c1-3-20(2)33(31,32)28-15-13-24(14-16-28)29(19-21-9-5-4-6-10-21)26(30)25-17-22-11-7-8-12-23(22)18-27-25/h4-12,17-18,20,24H,3,13-16,19H2,1-2H3. The molecule has 1 aliphatic rings. The Bertz CT molecular complexity index is 1210. The fourth-order valence-corrected chi connectivity index (χ4v) is 6.02. The number of hydrogen-bond donors (Lipinski definition) is 0. The summed E-state index contributed by atoms with van der Waals surface area (Å²) < 4.78 is 27.2. The molecule has 1 aromatic heterocycles. The minimum Gasteiger partial charge on any atom is -0.330 e. The van der Waals surface area contributed by atoms with Gasteiger partial charge in [-0.1, -0.05) is 61.5 Å². The van der Waals surface area contributed by atoms with Crippen molar-refractivity contribution in [3.8, 4) is 0 Å². The Hall–Kier alpha value is -2.77. The molecular formula is C26H31N3O3S. The van der Waals surface area contributed by atoms with Crippen LogP contribution in [0, 0.1) is 0 Å². The van der Waals surface area contributed by atoms with E-state index in [4.69, 9.17) is 0 Å². The maximum Gasteiger partial charge on any atom is 0.273 e. The molecule has 1 saturated heterocycles. The van der Waals surface area contributed by atoms with Crippen molar-refractivity contribution in [1.29, 1.82) is 0 Å². The molecule has 0 saturated carbocycles. The monoisotopic (exact) mass is 465 g/mol. The van der Waals surface area contributed by atoms with Gasteiger partial charge in [0.25, 0.3) is 5.91 Å². The molecule has 0 aliphatic carbocycles. The maximum absolute atomic E-state index is 13.7. The summed E-state index contributed by atoms with van der Waals surface area (Å²) in [6.07, 6.45) is 3.56. The highest BCUT2D eigenvalue weighted by Gasteiger charge is 2.35. The second kappa shape index (κ2) is 10.0. The molecule has 0 bridgehead atoms. The molecule has 2 aromatic carbocycles. The van der Waals surface area contributed by atoms with Crippen molar-refractivity contribution in [3.63, 3.8) is 0 Å². The number of benzene rings is 2. The van der Waals surface area contributed by atoms with Gasteiger partial charge in [0.2, 0.25) is 10.0 Å². The Labute approximate surface area is 196 Å². The van der Waals surface area contributed by atoms with E-state index in [0.29, 0.717) is 44.6 Å². The number of hydrogen-bond acceptors (Lipinski definition) is 4. The first-order valence-corrected chi connectivity index (χ1v) is 13.1. The van der Waals surface area contributed by atoms with Crippen LogP contribution in [-0.2, 0) is 16.6 Å². The highest BCUT2D eigenvalue weighted by atomic mass is 32.2. The van der Waals surface area contributed by atoms with E-state index in [1.54, 1.807) is 17.4 Å². The molecule has 1 unspecified atom stereocenters. The third-order valence-electron chi connectivity index (χ3n) is 6.61. The first kappa shape index (κ1) is 23.4. The zero-order valence-electron chi connectivity index (χ0n) is 19.2. The number of piperidine rings is 1. The lowest BCUT2D eigenvalue weighted by molar-refractivity contribution is 0.0590. The molecule has 2 heterocycles. The van der Waals surface area contributed by atoms with Gasteiger partial charge in [0.15, 0.2) is 0 Å². The molecule has 1 atom stereocenters. The first-order valence-electron chi connectivity index (χ1n) is 11.6. The number of aromatic nitrogens is 1. The molecule has 7 heteroatoms. The van der Waals surface area contributed by atoms with Crippen LogP contribution in [0.5, 0.6) is 0 Å². The van der Waals surface area contributed by atoms with Crippen molar-refractivity contribution >= 4 is 26.7 Å². The number of pyridine rings is 1. The van der Waals surface area contributed by atoms with Gasteiger partial charge in [-0.25, -0.2) is 12.7 Å². The summed E-state index contributed by atoms with van der Waals surface area (Å²) in [7, 11) is -3.30. The van der Waals surface area contributed by atoms with E-state index < -0.39 is 15.3 Å². The Morgan fingerprint density at radius 1 is 1.06 bits per heavy atom. The smallest absolute Gasteiger partial charge is 0.273 e. The second-order valence-corrected chi connectivity index (χ2v) is 11.1. The SMILES string of the molecule is CCC(C)S(=O)(=O)N1CCC(N(Cc2ccccc2)C(=O)c2cc3ccccc3cn2)CC1. The zero-order chi connectivity index (χ0) is 23.4. The highest BCUT2D eigenvalue weighted by Crippen LogP contribution is 2.25. The van der Waals surface area contributed by atoms with Crippen LogP contribution in [0.4, 0.5) is 0 Å². The van der Waals surface area contributed by atoms with E-state index in [2.05, 4.69) is 4.98 Å². The van der Waals surface area contributed by atoms with Gasteiger partial charge >= 0.3 is 0 Å². The summed E-state index contributed by atoms with van der Waals surface area (Å²) in [4.78, 5) is 20.0. The van der Waals surface area contributed by atoms with Gasteiger partial charge in [0.05, 0.1) is 5.25 Å². The van der Waals surface area contributed by atoms with Crippen molar-refractivity contribution in [2.24, 2.45) is 0 Å². The van der Waals surface area contributed by atoms with Crippen molar-refractivity contribution < 1.29 is 13.2 Å². The first-order chi connectivity index (χ1) is 15.9. The summed E-state index contributed by atoms with van der Waals surface area (Å²) in [6, 6.07) is 19.6. The lowest BCUT2D eigenvalue weighted by atomic mass is 10.0. The molecule has 174 valence electrons. The summed E-state index contributed by atoms with van der Waals surface area (Å²) >= 11 is 0. The highest BCUT2D eigenvalue weighted by molar-refractivity contribution is 7.89. The van der Waals surface area contributed by atoms with Crippen LogP contribution >= 0.6 is 0 Å². The number of nitrogens with zero attached hydrogens (tertiary/aromatic N) is 3. The van der Waals surface area contributed by atoms with Crippen LogP contribution in [0.2, 0.25) is 0 Å². The number of carbonyl (C=O) groups excluding carboxylic acids is 1. The number of rotatable bonds is 7. The van der Waals surface area contributed by atoms with Crippen LogP contribution in [0.15, 0.2) is 66.9 Å². The molecule has 0 radical (unpaired) electrons. The Morgan fingerprint density at radius 2 is 1.70 bits per heavy atom. The van der Waals surface area contributed by atoms with Gasteiger partial charge in [-0.2, -0.15) is 0 Å². The van der Waals surface area contributed by atoms with E-state index in [1.807, 2.05) is 72.5 Å². The molecule has 1 amide bonds. The largest absolute Gasteiger partial charge is 0.330 e. The van der Waals surface area contributed by atoms with Crippen molar-refractivity contribution in [2.75, 3.05) is 13.1 Å². The average molecular weight is 466 g/mol. The normalized spacial score (nSPS) is 16.5. The van der Waals surface area contributed by atoms with Gasteiger partial charge in [-0.15, -0.1) is 0 Å². The summed E-state index contributed by atoms with van der Waals surface area (Å²) in [5.74, 6) is -0.118. The van der Waals surface area contributed by atoms with E-state index in [-0.39, 0.29) is 11.9 Å². The quantitative estimate of drug-likeness (QED) is 0.516. The van der Waals surface area contributed by atoms with E-state index in [9.17, 15) is 13.2 Å². The Kier molecular flexibility index (Phi) is 7.10. The molecule has 0 spiro atoms. The van der Waals surface area contributed by atoms with Crippen molar-refractivity contribution in [3.05, 3.63) is 78.1 Å². The number of carbonyl (C=O) groups is 1. The average Bonchev–Trinajstić information content (AvgIpc) is 2.86. The van der Waals surface area contributed by atoms with Crippen LogP contribution in [0.3, 0.4) is 0 Å². The van der Waals surface area contributed by atoms with Crippen molar-refractivity contribution in [1.82, 2.24) is 14.2 Å². The number of amides is 1. The third kappa shape index (κ3) is 5.09. The maximum atomic E-state index is 13.7. The van der Waals surface area contributed by atoms with Crippen LogP contribution in [0.1, 0.15) is 49.2 Å². The van der Waals surface area contributed by atoms with Gasteiger partial charge < -0.3 is 4.90 Å². The van der Waals surface area contributed by atoms with Crippen molar-refractivity contribution in [2.45, 2.75) is 50.9 Å². The molecular weight excluding hydrogens is 434 g/mol. The Morgan fingerprint density at radius 3 is 2.36 bits per heavy atom. The molecule has 1 aliphatic heterocycles. The molecule has 6 nitrogen and oxygen atoms in total. The molecule has 1 fully saturated rings. The van der Waals surface area contributed by atoms with Gasteiger partial charge in [-0.3, -0.25) is 9.78 Å². The lowest BCUT2D eigenvalue weighted by Crippen LogP contribution is -2.50. The van der Waals surface area contributed by atoms with E-state index in [0.717, 1.165) is 16.3 Å². The predicted molar refractivity (Wildman–Crippen MR) is 131 cm³/mol. The van der Waals surface area contributed by atoms with Crippen LogP contribution in [-0.4, -0.2) is 52.9 Å². The summed E-state index contributed by atoms with van der Waals surface area (Å²) in [6.45, 7) is 4.99. The molecule has 0 N–H and O–H groups in total. The van der Waals surface area contributed by atoms with Gasteiger partial charge in [0.1, 0.15) is 5.69 Å². The van der Waals surface area contributed by atoms with E-state index in [1.165, 1.54) is 0 Å². The second-order valence-electron chi connectivity index (χ2n) is 8.73. The molecule has 4 rings (SSSR count). The number of fused-ring (bicyclic) bond motifs is 1. The van der Waals surface area contributed by atoms with Crippen LogP contribution in [0.25, 0.3) is 10.8 Å². The minimum absolute atomic E-state index is 0.0469. The van der Waals surface area contributed by atoms with Gasteiger partial charge in [-0.05, 0) is 43.2 Å². The topological polar surface area (TPSA) is 70.6 Å². The predicted octanol–water partition coefficient (Wildman–Crippen LogP) is 4.47.